The van der Waals surface area contributed by atoms with Crippen LogP contribution >= 0.6 is 0 Å². The first-order valence-electron chi connectivity index (χ1n) is 12.9. The van der Waals surface area contributed by atoms with Crippen molar-refractivity contribution in [3.63, 3.8) is 0 Å². The summed E-state index contributed by atoms with van der Waals surface area (Å²) in [5.41, 5.74) is 0.459. The lowest BCUT2D eigenvalue weighted by Gasteiger charge is -2.59. The number of methoxy groups -OCH3 is 2. The standard InChI is InChI=1S/C30H32N4O5/c1-19(20-12-6-5-7-13-20)34-18-30(29(37)39-4)26(22-15-9-11-17-32-22)33(2)24(21-14-8-10-16-31-21)23(27(30)35)25(34)28(36)38-3/h5-17,19,23-26H,18H2,1-4H3/t19-,23?,24+,25?,26-,30?/m0/s1. The second-order valence-electron chi connectivity index (χ2n) is 10.1. The predicted molar refractivity (Wildman–Crippen MR) is 142 cm³/mol. The van der Waals surface area contributed by atoms with Crippen molar-refractivity contribution in [3.05, 3.63) is 96.1 Å². The third-order valence-corrected chi connectivity index (χ3v) is 8.26. The number of likely N-dealkylation sites (tertiary alicyclic amines) is 2. The van der Waals surface area contributed by atoms with Crippen LogP contribution in [0.15, 0.2) is 79.1 Å². The molecule has 0 amide bonds. The van der Waals surface area contributed by atoms with Crippen LogP contribution in [0, 0.1) is 11.3 Å². The highest BCUT2D eigenvalue weighted by Crippen LogP contribution is 2.57. The molecule has 2 aromatic heterocycles. The fraction of sp³-hybridized carbons (Fsp3) is 0.367. The quantitative estimate of drug-likeness (QED) is 0.353. The van der Waals surface area contributed by atoms with E-state index in [1.807, 2.05) is 78.4 Å². The molecule has 0 N–H and O–H groups in total. The fourth-order valence-electron chi connectivity index (χ4n) is 6.51. The lowest BCUT2D eigenvalue weighted by molar-refractivity contribution is -0.197. The molecular formula is C30H32N4O5. The topological polar surface area (TPSA) is 102 Å². The molecule has 2 aliphatic heterocycles. The molecule has 9 heteroatoms. The lowest BCUT2D eigenvalue weighted by atomic mass is 9.59. The summed E-state index contributed by atoms with van der Waals surface area (Å²) >= 11 is 0. The van der Waals surface area contributed by atoms with Crippen molar-refractivity contribution in [1.29, 1.82) is 0 Å². The largest absolute Gasteiger partial charge is 0.468 e. The van der Waals surface area contributed by atoms with Gasteiger partial charge in [-0.1, -0.05) is 42.5 Å². The van der Waals surface area contributed by atoms with Crippen LogP contribution in [-0.2, 0) is 23.9 Å². The van der Waals surface area contributed by atoms with Crippen LogP contribution in [-0.4, -0.2) is 71.3 Å². The Bertz CT molecular complexity index is 1340. The monoisotopic (exact) mass is 528 g/mol. The van der Waals surface area contributed by atoms with E-state index >= 15 is 0 Å². The zero-order chi connectivity index (χ0) is 27.7. The number of nitrogens with zero attached hydrogens (tertiary/aromatic N) is 4. The first-order valence-corrected chi connectivity index (χ1v) is 12.9. The zero-order valence-electron chi connectivity index (χ0n) is 22.4. The molecule has 0 radical (unpaired) electrons. The van der Waals surface area contributed by atoms with E-state index in [4.69, 9.17) is 9.47 Å². The number of ether oxygens (including phenoxy) is 2. The van der Waals surface area contributed by atoms with Crippen molar-refractivity contribution in [2.45, 2.75) is 31.1 Å². The summed E-state index contributed by atoms with van der Waals surface area (Å²) in [7, 11) is 4.46. The number of aromatic nitrogens is 2. The molecule has 2 aliphatic rings. The van der Waals surface area contributed by atoms with E-state index < -0.39 is 41.4 Å². The molecule has 4 heterocycles. The third kappa shape index (κ3) is 4.22. The Balaban J connectivity index is 1.79. The summed E-state index contributed by atoms with van der Waals surface area (Å²) < 4.78 is 10.7. The van der Waals surface area contributed by atoms with Gasteiger partial charge in [0.15, 0.2) is 11.2 Å². The minimum absolute atomic E-state index is 0.0502. The van der Waals surface area contributed by atoms with E-state index in [-0.39, 0.29) is 18.4 Å². The highest BCUT2D eigenvalue weighted by Gasteiger charge is 2.70. The first-order chi connectivity index (χ1) is 18.9. The van der Waals surface area contributed by atoms with Gasteiger partial charge in [0, 0.05) is 25.0 Å². The molecule has 0 aliphatic carbocycles. The number of ketones is 1. The van der Waals surface area contributed by atoms with E-state index in [0.29, 0.717) is 11.4 Å². The Hall–Kier alpha value is -3.95. The Morgan fingerprint density at radius 2 is 1.54 bits per heavy atom. The van der Waals surface area contributed by atoms with Gasteiger partial charge in [-0.25, -0.2) is 0 Å². The second kappa shape index (κ2) is 10.7. The van der Waals surface area contributed by atoms with E-state index in [9.17, 15) is 14.4 Å². The molecule has 2 fully saturated rings. The van der Waals surface area contributed by atoms with Gasteiger partial charge in [-0.05, 0) is 43.8 Å². The van der Waals surface area contributed by atoms with Crippen molar-refractivity contribution in [3.8, 4) is 0 Å². The van der Waals surface area contributed by atoms with Gasteiger partial charge in [-0.2, -0.15) is 0 Å². The number of fused-ring (bicyclic) bond motifs is 2. The number of piperidine rings is 2. The summed E-state index contributed by atoms with van der Waals surface area (Å²) in [5, 5.41) is 0. The molecule has 6 atom stereocenters. The Morgan fingerprint density at radius 1 is 0.923 bits per heavy atom. The van der Waals surface area contributed by atoms with Crippen LogP contribution in [0.5, 0.6) is 0 Å². The van der Waals surface area contributed by atoms with Gasteiger partial charge in [0.1, 0.15) is 6.04 Å². The maximum Gasteiger partial charge on any atom is 0.323 e. The number of pyridine rings is 2. The number of carbonyl (C=O) groups is 3. The Labute approximate surface area is 227 Å². The number of hydrogen-bond donors (Lipinski definition) is 0. The minimum atomic E-state index is -1.65. The molecule has 2 saturated heterocycles. The van der Waals surface area contributed by atoms with Crippen molar-refractivity contribution >= 4 is 17.7 Å². The maximum atomic E-state index is 14.8. The van der Waals surface area contributed by atoms with Crippen LogP contribution in [0.25, 0.3) is 0 Å². The highest BCUT2D eigenvalue weighted by atomic mass is 16.5. The number of Topliss-reactive ketones (excluding diaryl/α,β-unsaturated/α-hetero) is 1. The summed E-state index contributed by atoms with van der Waals surface area (Å²) in [6.45, 7) is 1.92. The molecule has 202 valence electrons. The first kappa shape index (κ1) is 26.6. The SMILES string of the molecule is COC(=O)C1C2C(=O)C(C(=O)OC)(CN1[C@@H](C)c1ccccc1)[C@H](c1ccccn1)N(C)[C@@H]2c1ccccn1. The molecule has 2 bridgehead atoms. The summed E-state index contributed by atoms with van der Waals surface area (Å²) in [6, 6.07) is 17.9. The normalized spacial score (nSPS) is 27.9. The lowest BCUT2D eigenvalue weighted by Crippen LogP contribution is -2.73. The predicted octanol–water partition coefficient (Wildman–Crippen LogP) is 3.17. The van der Waals surface area contributed by atoms with Gasteiger partial charge >= 0.3 is 11.9 Å². The van der Waals surface area contributed by atoms with Crippen LogP contribution in [0.2, 0.25) is 0 Å². The van der Waals surface area contributed by atoms with E-state index in [1.165, 1.54) is 14.2 Å². The van der Waals surface area contributed by atoms with Gasteiger partial charge in [0.05, 0.1) is 43.6 Å². The van der Waals surface area contributed by atoms with Gasteiger partial charge in [-0.15, -0.1) is 0 Å². The Kier molecular flexibility index (Phi) is 7.29. The summed E-state index contributed by atoms with van der Waals surface area (Å²) in [6.07, 6.45) is 3.30. The summed E-state index contributed by atoms with van der Waals surface area (Å²) in [4.78, 5) is 55.3. The number of esters is 2. The van der Waals surface area contributed by atoms with Gasteiger partial charge < -0.3 is 9.47 Å². The van der Waals surface area contributed by atoms with Crippen LogP contribution in [0.4, 0.5) is 0 Å². The molecule has 9 nitrogen and oxygen atoms in total. The molecule has 39 heavy (non-hydrogen) atoms. The molecule has 0 spiro atoms. The number of benzene rings is 1. The van der Waals surface area contributed by atoms with Crippen LogP contribution in [0.3, 0.4) is 0 Å². The van der Waals surface area contributed by atoms with Crippen molar-refractivity contribution in [2.75, 3.05) is 27.8 Å². The fourth-order valence-corrected chi connectivity index (χ4v) is 6.51. The molecular weight excluding hydrogens is 496 g/mol. The maximum absolute atomic E-state index is 14.8. The molecule has 3 unspecified atom stereocenters. The van der Waals surface area contributed by atoms with E-state index in [2.05, 4.69) is 9.97 Å². The molecule has 3 aromatic rings. The van der Waals surface area contributed by atoms with Crippen molar-refractivity contribution in [2.24, 2.45) is 11.3 Å². The van der Waals surface area contributed by atoms with E-state index in [1.54, 1.807) is 24.5 Å². The van der Waals surface area contributed by atoms with Crippen molar-refractivity contribution < 1.29 is 23.9 Å². The number of carbonyl (C=O) groups excluding carboxylic acids is 3. The molecule has 5 rings (SSSR count). The average Bonchev–Trinajstić information content (AvgIpc) is 2.98. The third-order valence-electron chi connectivity index (χ3n) is 8.26. The Morgan fingerprint density at radius 3 is 2.10 bits per heavy atom. The van der Waals surface area contributed by atoms with Gasteiger partial charge in [-0.3, -0.25) is 34.2 Å². The second-order valence-corrected chi connectivity index (χ2v) is 10.1. The van der Waals surface area contributed by atoms with Gasteiger partial charge in [0.2, 0.25) is 0 Å². The van der Waals surface area contributed by atoms with Crippen LogP contribution in [0.1, 0.15) is 42.0 Å². The zero-order valence-corrected chi connectivity index (χ0v) is 22.4. The molecule has 0 saturated carbocycles. The highest BCUT2D eigenvalue weighted by molar-refractivity contribution is 6.09. The summed E-state index contributed by atoms with van der Waals surface area (Å²) in [5.74, 6) is -2.53. The number of rotatable bonds is 6. The van der Waals surface area contributed by atoms with Crippen molar-refractivity contribution in [1.82, 2.24) is 19.8 Å². The van der Waals surface area contributed by atoms with E-state index in [0.717, 1.165) is 5.56 Å². The minimum Gasteiger partial charge on any atom is -0.468 e. The molecule has 1 aromatic carbocycles. The smallest absolute Gasteiger partial charge is 0.323 e. The average molecular weight is 529 g/mol. The van der Waals surface area contributed by atoms with Gasteiger partial charge in [0.25, 0.3) is 0 Å². The van der Waals surface area contributed by atoms with Crippen LogP contribution < -0.4 is 0 Å². The number of hydrogen-bond acceptors (Lipinski definition) is 9.